The molecule has 0 spiro atoms. The van der Waals surface area contributed by atoms with E-state index in [-0.39, 0.29) is 0 Å². The standard InChI is InChI=1S/C12H22/c1-8-7-12(5,6)11(4)10(3)9(8)2/h8-10H,4,7H2,1-3,5-6H3. The zero-order valence-corrected chi connectivity index (χ0v) is 9.15. The summed E-state index contributed by atoms with van der Waals surface area (Å²) < 4.78 is 0. The van der Waals surface area contributed by atoms with E-state index in [1.165, 1.54) is 12.0 Å². The summed E-state index contributed by atoms with van der Waals surface area (Å²) in [5.74, 6) is 2.36. The first-order valence-corrected chi connectivity index (χ1v) is 5.05. The number of allylic oxidation sites excluding steroid dienone is 1. The van der Waals surface area contributed by atoms with Gasteiger partial charge in [0.05, 0.1) is 0 Å². The van der Waals surface area contributed by atoms with Crippen molar-refractivity contribution in [3.63, 3.8) is 0 Å². The molecule has 3 unspecified atom stereocenters. The average molecular weight is 166 g/mol. The molecule has 0 amide bonds. The molecule has 70 valence electrons. The van der Waals surface area contributed by atoms with Crippen LogP contribution >= 0.6 is 0 Å². The van der Waals surface area contributed by atoms with Crippen LogP contribution in [0.25, 0.3) is 0 Å². The zero-order valence-electron chi connectivity index (χ0n) is 9.15. The molecule has 12 heavy (non-hydrogen) atoms. The van der Waals surface area contributed by atoms with Crippen molar-refractivity contribution in [1.82, 2.24) is 0 Å². The highest BCUT2D eigenvalue weighted by Crippen LogP contribution is 2.47. The van der Waals surface area contributed by atoms with Gasteiger partial charge in [0, 0.05) is 0 Å². The minimum absolute atomic E-state index is 0.366. The van der Waals surface area contributed by atoms with Crippen LogP contribution in [0.4, 0.5) is 0 Å². The predicted octanol–water partition coefficient (Wildman–Crippen LogP) is 3.88. The molecule has 0 heterocycles. The van der Waals surface area contributed by atoms with Gasteiger partial charge in [0.2, 0.25) is 0 Å². The lowest BCUT2D eigenvalue weighted by Crippen LogP contribution is -2.34. The summed E-state index contributed by atoms with van der Waals surface area (Å²) in [7, 11) is 0. The van der Waals surface area contributed by atoms with Crippen LogP contribution in [0, 0.1) is 23.2 Å². The maximum absolute atomic E-state index is 4.23. The summed E-state index contributed by atoms with van der Waals surface area (Å²) in [6.45, 7) is 15.9. The van der Waals surface area contributed by atoms with Gasteiger partial charge in [0.15, 0.2) is 0 Å². The molecule has 3 atom stereocenters. The lowest BCUT2D eigenvalue weighted by atomic mass is 9.61. The van der Waals surface area contributed by atoms with Crippen LogP contribution in [0.5, 0.6) is 0 Å². The second-order valence-electron chi connectivity index (χ2n) is 5.24. The lowest BCUT2D eigenvalue weighted by molar-refractivity contribution is 0.156. The van der Waals surface area contributed by atoms with E-state index in [9.17, 15) is 0 Å². The van der Waals surface area contributed by atoms with Crippen LogP contribution < -0.4 is 0 Å². The van der Waals surface area contributed by atoms with E-state index in [4.69, 9.17) is 0 Å². The molecule has 0 aromatic rings. The van der Waals surface area contributed by atoms with Crippen molar-refractivity contribution in [3.05, 3.63) is 12.2 Å². The maximum Gasteiger partial charge on any atom is -0.0142 e. The smallest absolute Gasteiger partial charge is 0.0142 e. The minimum atomic E-state index is 0.366. The van der Waals surface area contributed by atoms with Crippen molar-refractivity contribution in [2.24, 2.45) is 23.2 Å². The summed E-state index contributed by atoms with van der Waals surface area (Å²) in [4.78, 5) is 0. The Bertz CT molecular complexity index is 188. The molecule has 0 bridgehead atoms. The molecule has 0 radical (unpaired) electrons. The van der Waals surface area contributed by atoms with Crippen LogP contribution in [0.2, 0.25) is 0 Å². The quantitative estimate of drug-likeness (QED) is 0.479. The van der Waals surface area contributed by atoms with Gasteiger partial charge in [-0.05, 0) is 29.6 Å². The van der Waals surface area contributed by atoms with E-state index >= 15 is 0 Å². The minimum Gasteiger partial charge on any atom is -0.0990 e. The summed E-state index contributed by atoms with van der Waals surface area (Å²) in [6.07, 6.45) is 1.30. The first-order chi connectivity index (χ1) is 5.36. The van der Waals surface area contributed by atoms with Crippen LogP contribution in [-0.4, -0.2) is 0 Å². The molecule has 0 aromatic heterocycles. The Labute approximate surface area is 77.1 Å². The summed E-state index contributed by atoms with van der Waals surface area (Å²) in [6, 6.07) is 0. The van der Waals surface area contributed by atoms with E-state index in [1.54, 1.807) is 0 Å². The summed E-state index contributed by atoms with van der Waals surface area (Å²) in [5.41, 5.74) is 1.82. The molecule has 1 aliphatic rings. The van der Waals surface area contributed by atoms with Crippen LogP contribution in [0.1, 0.15) is 41.0 Å². The van der Waals surface area contributed by atoms with E-state index in [0.717, 1.165) is 11.8 Å². The molecule has 0 N–H and O–H groups in total. The molecular weight excluding hydrogens is 144 g/mol. The second kappa shape index (κ2) is 2.90. The zero-order chi connectivity index (χ0) is 9.52. The van der Waals surface area contributed by atoms with E-state index in [1.807, 2.05) is 0 Å². The van der Waals surface area contributed by atoms with Crippen molar-refractivity contribution in [3.8, 4) is 0 Å². The topological polar surface area (TPSA) is 0 Å². The second-order valence-corrected chi connectivity index (χ2v) is 5.24. The Morgan fingerprint density at radius 3 is 2.25 bits per heavy atom. The van der Waals surface area contributed by atoms with E-state index in [2.05, 4.69) is 41.2 Å². The Hall–Kier alpha value is -0.260. The van der Waals surface area contributed by atoms with Gasteiger partial charge in [-0.2, -0.15) is 0 Å². The van der Waals surface area contributed by atoms with Crippen molar-refractivity contribution in [2.45, 2.75) is 41.0 Å². The van der Waals surface area contributed by atoms with Crippen molar-refractivity contribution < 1.29 is 0 Å². The predicted molar refractivity (Wildman–Crippen MR) is 55.0 cm³/mol. The fraction of sp³-hybridized carbons (Fsp3) is 0.833. The monoisotopic (exact) mass is 166 g/mol. The molecule has 0 heteroatoms. The van der Waals surface area contributed by atoms with Gasteiger partial charge in [0.25, 0.3) is 0 Å². The highest BCUT2D eigenvalue weighted by molar-refractivity contribution is 5.15. The average Bonchev–Trinajstić information content (AvgIpc) is 1.97. The molecule has 0 aliphatic heterocycles. The fourth-order valence-corrected chi connectivity index (χ4v) is 2.55. The number of hydrogen-bond donors (Lipinski definition) is 0. The summed E-state index contributed by atoms with van der Waals surface area (Å²) >= 11 is 0. The largest absolute Gasteiger partial charge is 0.0990 e. The Balaban J connectivity index is 2.85. The lowest BCUT2D eigenvalue weighted by Gasteiger charge is -2.44. The molecular formula is C12H22. The highest BCUT2D eigenvalue weighted by Gasteiger charge is 2.37. The van der Waals surface area contributed by atoms with Gasteiger partial charge in [-0.15, -0.1) is 0 Å². The first kappa shape index (κ1) is 9.83. The van der Waals surface area contributed by atoms with Gasteiger partial charge in [0.1, 0.15) is 0 Å². The van der Waals surface area contributed by atoms with Crippen LogP contribution in [-0.2, 0) is 0 Å². The fourth-order valence-electron chi connectivity index (χ4n) is 2.55. The summed E-state index contributed by atoms with van der Waals surface area (Å²) in [5, 5.41) is 0. The van der Waals surface area contributed by atoms with Crippen LogP contribution in [0.15, 0.2) is 12.2 Å². The molecule has 1 rings (SSSR count). The number of hydrogen-bond acceptors (Lipinski definition) is 0. The molecule has 1 saturated carbocycles. The molecule has 1 aliphatic carbocycles. The van der Waals surface area contributed by atoms with Gasteiger partial charge < -0.3 is 0 Å². The van der Waals surface area contributed by atoms with Gasteiger partial charge in [-0.1, -0.05) is 46.8 Å². The third-order valence-electron chi connectivity index (χ3n) is 3.94. The SMILES string of the molecule is C=C1C(C)C(C)C(C)CC1(C)C. The highest BCUT2D eigenvalue weighted by atomic mass is 14.4. The van der Waals surface area contributed by atoms with Crippen LogP contribution in [0.3, 0.4) is 0 Å². The molecule has 1 fully saturated rings. The Kier molecular flexibility index (Phi) is 2.38. The Morgan fingerprint density at radius 1 is 1.25 bits per heavy atom. The van der Waals surface area contributed by atoms with E-state index in [0.29, 0.717) is 11.3 Å². The van der Waals surface area contributed by atoms with E-state index < -0.39 is 0 Å². The van der Waals surface area contributed by atoms with Crippen molar-refractivity contribution in [1.29, 1.82) is 0 Å². The third-order valence-corrected chi connectivity index (χ3v) is 3.94. The molecule has 0 aromatic carbocycles. The Morgan fingerprint density at radius 2 is 1.75 bits per heavy atom. The van der Waals surface area contributed by atoms with Crippen molar-refractivity contribution >= 4 is 0 Å². The molecule has 0 saturated heterocycles. The van der Waals surface area contributed by atoms with Gasteiger partial charge >= 0.3 is 0 Å². The number of rotatable bonds is 0. The molecule has 0 nitrogen and oxygen atoms in total. The normalized spacial score (nSPS) is 41.4. The van der Waals surface area contributed by atoms with Crippen molar-refractivity contribution in [2.75, 3.05) is 0 Å². The first-order valence-electron chi connectivity index (χ1n) is 5.05. The van der Waals surface area contributed by atoms with Gasteiger partial charge in [-0.25, -0.2) is 0 Å². The third kappa shape index (κ3) is 1.44. The maximum atomic E-state index is 4.23. The van der Waals surface area contributed by atoms with Gasteiger partial charge in [-0.3, -0.25) is 0 Å².